The van der Waals surface area contributed by atoms with Crippen LogP contribution in [-0.2, 0) is 6.42 Å². The Morgan fingerprint density at radius 1 is 1.54 bits per heavy atom. The highest BCUT2D eigenvalue weighted by Gasteiger charge is 1.92. The Morgan fingerprint density at radius 2 is 2.38 bits per heavy atom. The van der Waals surface area contributed by atoms with Crippen LogP contribution >= 0.6 is 12.2 Å². The summed E-state index contributed by atoms with van der Waals surface area (Å²) in [6.07, 6.45) is 3.75. The molecule has 0 aliphatic rings. The number of aromatic nitrogens is 1. The Morgan fingerprint density at radius 3 is 3.00 bits per heavy atom. The van der Waals surface area contributed by atoms with Crippen LogP contribution in [0.5, 0.6) is 0 Å². The van der Waals surface area contributed by atoms with Gasteiger partial charge in [-0.1, -0.05) is 6.07 Å². The van der Waals surface area contributed by atoms with E-state index in [0.717, 1.165) is 25.1 Å². The third kappa shape index (κ3) is 4.42. The molecule has 0 fully saturated rings. The number of nitrogens with zero attached hydrogens (tertiary/aromatic N) is 1. The number of thiocarbonyl (C=S) groups is 1. The second-order valence-corrected chi connectivity index (χ2v) is 3.16. The molecule has 0 amide bonds. The van der Waals surface area contributed by atoms with Gasteiger partial charge in [-0.05, 0) is 37.2 Å². The minimum absolute atomic E-state index is 0.362. The largest absolute Gasteiger partial charge is 0.376 e. The van der Waals surface area contributed by atoms with E-state index in [1.165, 1.54) is 0 Å². The lowest BCUT2D eigenvalue weighted by Gasteiger charge is -2.02. The molecule has 1 rings (SSSR count). The van der Waals surface area contributed by atoms with Gasteiger partial charge in [-0.3, -0.25) is 4.98 Å². The third-order valence-electron chi connectivity index (χ3n) is 1.64. The monoisotopic (exact) mass is 195 g/mol. The number of hydrogen-bond acceptors (Lipinski definition) is 2. The lowest BCUT2D eigenvalue weighted by molar-refractivity contribution is 0.761. The standard InChI is InChI=1S/C9H13N3S/c10-9(13)12-7-3-5-8-4-1-2-6-11-8/h1-2,4,6H,3,5,7H2,(H3,10,12,13). The van der Waals surface area contributed by atoms with Crippen molar-refractivity contribution in [3.8, 4) is 0 Å². The van der Waals surface area contributed by atoms with Crippen LogP contribution in [-0.4, -0.2) is 16.6 Å². The first-order valence-electron chi connectivity index (χ1n) is 4.22. The number of hydrogen-bond donors (Lipinski definition) is 2. The predicted molar refractivity (Wildman–Crippen MR) is 57.3 cm³/mol. The molecule has 0 radical (unpaired) electrons. The number of rotatable bonds is 4. The van der Waals surface area contributed by atoms with E-state index in [9.17, 15) is 0 Å². The summed E-state index contributed by atoms with van der Waals surface area (Å²) in [6, 6.07) is 5.92. The average Bonchev–Trinajstić information content (AvgIpc) is 2.14. The van der Waals surface area contributed by atoms with E-state index >= 15 is 0 Å². The van der Waals surface area contributed by atoms with Gasteiger partial charge in [-0.15, -0.1) is 0 Å². The molecule has 0 saturated heterocycles. The third-order valence-corrected chi connectivity index (χ3v) is 1.78. The number of nitrogens with one attached hydrogen (secondary N) is 1. The highest BCUT2D eigenvalue weighted by atomic mass is 32.1. The molecule has 1 heterocycles. The van der Waals surface area contributed by atoms with Gasteiger partial charge in [-0.25, -0.2) is 0 Å². The van der Waals surface area contributed by atoms with Crippen LogP contribution in [0, 0.1) is 0 Å². The van der Waals surface area contributed by atoms with Crippen LogP contribution in [0.15, 0.2) is 24.4 Å². The maximum absolute atomic E-state index is 5.28. The van der Waals surface area contributed by atoms with Gasteiger partial charge in [-0.2, -0.15) is 0 Å². The van der Waals surface area contributed by atoms with E-state index in [1.807, 2.05) is 18.2 Å². The molecular weight excluding hydrogens is 182 g/mol. The van der Waals surface area contributed by atoms with Gasteiger partial charge in [0, 0.05) is 18.4 Å². The molecule has 1 aromatic rings. The van der Waals surface area contributed by atoms with Crippen molar-refractivity contribution in [3.05, 3.63) is 30.1 Å². The summed E-state index contributed by atoms with van der Waals surface area (Å²) in [6.45, 7) is 0.811. The predicted octanol–water partition coefficient (Wildman–Crippen LogP) is 0.847. The average molecular weight is 195 g/mol. The molecular formula is C9H13N3S. The number of nitrogens with two attached hydrogens (primary N) is 1. The zero-order valence-electron chi connectivity index (χ0n) is 7.36. The summed E-state index contributed by atoms with van der Waals surface area (Å²) in [5, 5.41) is 3.26. The Balaban J connectivity index is 2.17. The highest BCUT2D eigenvalue weighted by molar-refractivity contribution is 7.80. The second kappa shape index (κ2) is 5.48. The number of aryl methyl sites for hydroxylation is 1. The molecule has 0 bridgehead atoms. The Bertz CT molecular complexity index is 261. The van der Waals surface area contributed by atoms with Crippen molar-refractivity contribution < 1.29 is 0 Å². The lowest BCUT2D eigenvalue weighted by Crippen LogP contribution is -2.29. The molecule has 3 N–H and O–H groups in total. The van der Waals surface area contributed by atoms with Crippen molar-refractivity contribution in [1.82, 2.24) is 10.3 Å². The molecule has 13 heavy (non-hydrogen) atoms. The van der Waals surface area contributed by atoms with Gasteiger partial charge in [0.15, 0.2) is 5.11 Å². The Hall–Kier alpha value is -1.16. The minimum Gasteiger partial charge on any atom is -0.376 e. The van der Waals surface area contributed by atoms with Gasteiger partial charge in [0.05, 0.1) is 0 Å². The van der Waals surface area contributed by atoms with Crippen LogP contribution < -0.4 is 11.1 Å². The fraction of sp³-hybridized carbons (Fsp3) is 0.333. The van der Waals surface area contributed by atoms with Crippen molar-refractivity contribution in [2.45, 2.75) is 12.8 Å². The van der Waals surface area contributed by atoms with E-state index in [4.69, 9.17) is 5.73 Å². The molecule has 1 aromatic heterocycles. The van der Waals surface area contributed by atoms with Crippen molar-refractivity contribution >= 4 is 17.3 Å². The molecule has 70 valence electrons. The fourth-order valence-electron chi connectivity index (χ4n) is 1.03. The molecule has 0 aliphatic carbocycles. The van der Waals surface area contributed by atoms with Crippen molar-refractivity contribution in [1.29, 1.82) is 0 Å². The summed E-state index contributed by atoms with van der Waals surface area (Å²) in [4.78, 5) is 4.20. The van der Waals surface area contributed by atoms with Gasteiger partial charge < -0.3 is 11.1 Å². The smallest absolute Gasteiger partial charge is 0.163 e. The highest BCUT2D eigenvalue weighted by Crippen LogP contribution is 1.96. The summed E-state index contributed by atoms with van der Waals surface area (Å²) in [5.41, 5.74) is 6.38. The number of pyridine rings is 1. The van der Waals surface area contributed by atoms with Crippen LogP contribution in [0.2, 0.25) is 0 Å². The summed E-state index contributed by atoms with van der Waals surface area (Å²) >= 11 is 4.68. The van der Waals surface area contributed by atoms with Gasteiger partial charge in [0.25, 0.3) is 0 Å². The van der Waals surface area contributed by atoms with E-state index in [-0.39, 0.29) is 0 Å². The topological polar surface area (TPSA) is 50.9 Å². The van der Waals surface area contributed by atoms with Crippen molar-refractivity contribution in [2.75, 3.05) is 6.54 Å². The lowest BCUT2D eigenvalue weighted by atomic mass is 10.2. The second-order valence-electron chi connectivity index (χ2n) is 2.72. The molecule has 0 saturated carbocycles. The van der Waals surface area contributed by atoms with Gasteiger partial charge in [0.2, 0.25) is 0 Å². The van der Waals surface area contributed by atoms with Crippen molar-refractivity contribution in [3.63, 3.8) is 0 Å². The van der Waals surface area contributed by atoms with Crippen molar-refractivity contribution in [2.24, 2.45) is 5.73 Å². The van der Waals surface area contributed by atoms with E-state index in [1.54, 1.807) is 6.20 Å². The molecule has 0 atom stereocenters. The molecule has 0 aliphatic heterocycles. The van der Waals surface area contributed by atoms with Gasteiger partial charge >= 0.3 is 0 Å². The van der Waals surface area contributed by atoms with E-state index in [2.05, 4.69) is 22.5 Å². The van der Waals surface area contributed by atoms with Crippen LogP contribution in [0.3, 0.4) is 0 Å². The van der Waals surface area contributed by atoms with Gasteiger partial charge in [0.1, 0.15) is 0 Å². The zero-order chi connectivity index (χ0) is 9.52. The first kappa shape index (κ1) is 9.92. The summed E-state index contributed by atoms with van der Waals surface area (Å²) in [7, 11) is 0. The zero-order valence-corrected chi connectivity index (χ0v) is 8.18. The fourth-order valence-corrected chi connectivity index (χ4v) is 1.13. The first-order valence-corrected chi connectivity index (χ1v) is 4.63. The SMILES string of the molecule is NC(=S)NCCCc1ccccn1. The Kier molecular flexibility index (Phi) is 4.18. The maximum Gasteiger partial charge on any atom is 0.163 e. The minimum atomic E-state index is 0.362. The molecule has 0 aromatic carbocycles. The van der Waals surface area contributed by atoms with E-state index < -0.39 is 0 Å². The van der Waals surface area contributed by atoms with E-state index in [0.29, 0.717) is 5.11 Å². The molecule has 3 nitrogen and oxygen atoms in total. The summed E-state index contributed by atoms with van der Waals surface area (Å²) < 4.78 is 0. The summed E-state index contributed by atoms with van der Waals surface area (Å²) in [5.74, 6) is 0. The molecule has 4 heteroatoms. The van der Waals surface area contributed by atoms with Crippen LogP contribution in [0.25, 0.3) is 0 Å². The van der Waals surface area contributed by atoms with Crippen LogP contribution in [0.1, 0.15) is 12.1 Å². The Labute approximate surface area is 83.4 Å². The molecule has 0 unspecified atom stereocenters. The maximum atomic E-state index is 5.28. The quantitative estimate of drug-likeness (QED) is 0.552. The van der Waals surface area contributed by atoms with Crippen LogP contribution in [0.4, 0.5) is 0 Å². The molecule has 0 spiro atoms. The first-order chi connectivity index (χ1) is 6.29. The normalized spacial score (nSPS) is 9.54.